The minimum atomic E-state index is -0.437. The van der Waals surface area contributed by atoms with Gasteiger partial charge >= 0.3 is 0 Å². The number of anilines is 3. The van der Waals surface area contributed by atoms with Crippen LogP contribution >= 0.6 is 0 Å². The van der Waals surface area contributed by atoms with E-state index >= 15 is 0 Å². The molecule has 1 aromatic heterocycles. The van der Waals surface area contributed by atoms with E-state index < -0.39 is 5.41 Å². The fourth-order valence-electron chi connectivity index (χ4n) is 12.4. The number of benzene rings is 10. The zero-order chi connectivity index (χ0) is 47.5. The third kappa shape index (κ3) is 6.84. The number of rotatable bonds is 12. The van der Waals surface area contributed by atoms with Gasteiger partial charge in [0.05, 0.1) is 22.1 Å². The summed E-state index contributed by atoms with van der Waals surface area (Å²) in [7, 11) is 0. The number of aromatic nitrogens is 1. The molecule has 0 radical (unpaired) electrons. The highest BCUT2D eigenvalue weighted by molar-refractivity contribution is 6.16. The summed E-state index contributed by atoms with van der Waals surface area (Å²) in [6, 6.07) is 86.8. The Morgan fingerprint density at radius 3 is 1.54 bits per heavy atom. The Kier molecular flexibility index (Phi) is 10.7. The molecule has 13 rings (SSSR count). The molecular weight excluding hydrogens is 857 g/mol. The Balaban J connectivity index is 0.984. The molecule has 0 atom stereocenters. The maximum Gasteiger partial charge on any atom is 0.0726 e. The minimum absolute atomic E-state index is 0.437. The van der Waals surface area contributed by atoms with Crippen LogP contribution in [0.4, 0.5) is 17.1 Å². The first-order valence-electron chi connectivity index (χ1n) is 25.8. The molecule has 342 valence electrons. The second-order valence-electron chi connectivity index (χ2n) is 19.6. The van der Waals surface area contributed by atoms with Crippen LogP contribution in [0.3, 0.4) is 0 Å². The van der Waals surface area contributed by atoms with Gasteiger partial charge in [0.25, 0.3) is 0 Å². The first-order valence-corrected chi connectivity index (χ1v) is 25.8. The molecule has 0 N–H and O–H groups in total. The van der Waals surface area contributed by atoms with Crippen molar-refractivity contribution in [2.24, 2.45) is 0 Å². The number of hydrogen-bond acceptors (Lipinski definition) is 1. The van der Waals surface area contributed by atoms with Crippen LogP contribution in [-0.2, 0) is 18.3 Å². The van der Waals surface area contributed by atoms with Crippen molar-refractivity contribution >= 4 is 38.9 Å². The Morgan fingerprint density at radius 2 is 0.887 bits per heavy atom. The van der Waals surface area contributed by atoms with Crippen LogP contribution in [0.5, 0.6) is 0 Å². The van der Waals surface area contributed by atoms with Gasteiger partial charge in [0, 0.05) is 33.4 Å². The Hall–Kier alpha value is -8.20. The molecule has 0 saturated heterocycles. The summed E-state index contributed by atoms with van der Waals surface area (Å²) in [5.74, 6) is 0. The average molecular weight is 913 g/mol. The van der Waals surface area contributed by atoms with Crippen LogP contribution in [-0.4, -0.2) is 4.57 Å². The van der Waals surface area contributed by atoms with Gasteiger partial charge in [0.15, 0.2) is 0 Å². The molecule has 0 fully saturated rings. The lowest BCUT2D eigenvalue weighted by molar-refractivity contribution is 0.779. The van der Waals surface area contributed by atoms with Crippen LogP contribution in [0.2, 0.25) is 0 Å². The fraction of sp³-hybridized carbons (Fsp3) is 0.130. The van der Waals surface area contributed by atoms with Crippen molar-refractivity contribution in [2.75, 3.05) is 4.90 Å². The lowest BCUT2D eigenvalue weighted by Crippen LogP contribution is -2.26. The van der Waals surface area contributed by atoms with Crippen LogP contribution < -0.4 is 4.90 Å². The van der Waals surface area contributed by atoms with Gasteiger partial charge in [-0.25, -0.2) is 0 Å². The van der Waals surface area contributed by atoms with Gasteiger partial charge in [-0.1, -0.05) is 203 Å². The van der Waals surface area contributed by atoms with Gasteiger partial charge < -0.3 is 9.47 Å². The number of nitrogens with zero attached hydrogens (tertiary/aromatic N) is 2. The molecule has 2 aliphatic rings. The van der Waals surface area contributed by atoms with Gasteiger partial charge in [-0.05, 0) is 153 Å². The smallest absolute Gasteiger partial charge is 0.0726 e. The number of aryl methyl sites for hydroxylation is 2. The van der Waals surface area contributed by atoms with E-state index in [-0.39, 0.29) is 0 Å². The molecule has 2 heteroatoms. The largest absolute Gasteiger partial charge is 0.310 e. The second kappa shape index (κ2) is 17.6. The number of hydrogen-bond donors (Lipinski definition) is 0. The van der Waals surface area contributed by atoms with Crippen molar-refractivity contribution in [1.82, 2.24) is 4.57 Å². The van der Waals surface area contributed by atoms with E-state index in [1.54, 1.807) is 0 Å². The van der Waals surface area contributed by atoms with Gasteiger partial charge in [-0.15, -0.1) is 0 Å². The topological polar surface area (TPSA) is 8.17 Å². The third-order valence-corrected chi connectivity index (χ3v) is 15.5. The van der Waals surface area contributed by atoms with Gasteiger partial charge in [-0.2, -0.15) is 0 Å². The summed E-state index contributed by atoms with van der Waals surface area (Å²) in [5.41, 5.74) is 25.0. The van der Waals surface area contributed by atoms with Crippen LogP contribution in [0, 0.1) is 0 Å². The van der Waals surface area contributed by atoms with Crippen LogP contribution in [0.15, 0.2) is 231 Å². The standard InChI is InChI=1S/C69H56N2/c1-3-5-20-47-44-48(21-6-4-2)46-54(45-47)71-64-33-17-13-27-59(64)67-55(28-18-34-65(67)71)51-38-42-53(43-39-51)70(52-40-36-50(37-41-52)49-22-8-7-9-23-49)66-35-19-32-63-68(66)58-26-12-16-31-62(58)69(63)60-29-14-10-24-56(60)57-25-11-15-30-61(57)69/h7-19,22-46H,3-6,20-21H2,1-2H3. The fourth-order valence-corrected chi connectivity index (χ4v) is 12.4. The van der Waals surface area contributed by atoms with Crippen LogP contribution in [0.25, 0.3) is 72.0 Å². The first-order chi connectivity index (χ1) is 35.1. The minimum Gasteiger partial charge on any atom is -0.310 e. The van der Waals surface area contributed by atoms with Crippen molar-refractivity contribution in [3.63, 3.8) is 0 Å². The molecule has 1 heterocycles. The summed E-state index contributed by atoms with van der Waals surface area (Å²) >= 11 is 0. The monoisotopic (exact) mass is 912 g/mol. The van der Waals surface area contributed by atoms with E-state index in [2.05, 4.69) is 254 Å². The van der Waals surface area contributed by atoms with E-state index in [0.29, 0.717) is 0 Å². The molecule has 1 spiro atoms. The molecule has 10 aromatic carbocycles. The van der Waals surface area contributed by atoms with E-state index in [1.165, 1.54) is 137 Å². The SMILES string of the molecule is CCCCc1cc(CCCC)cc(-n2c3ccccc3c3c(-c4ccc(N(c5ccc(-c6ccccc6)cc5)c5cccc6c5-c5ccccc5C65c6ccccc6-c6ccccc65)cc4)cccc32)c1. The van der Waals surface area contributed by atoms with Gasteiger partial charge in [0.2, 0.25) is 0 Å². The first kappa shape index (κ1) is 42.9. The number of fused-ring (bicyclic) bond motifs is 13. The normalized spacial score (nSPS) is 12.8. The highest BCUT2D eigenvalue weighted by atomic mass is 15.1. The summed E-state index contributed by atoms with van der Waals surface area (Å²) in [5, 5.41) is 2.57. The Bertz CT molecular complexity index is 3710. The van der Waals surface area contributed by atoms with Gasteiger partial charge in [-0.3, -0.25) is 0 Å². The molecule has 0 amide bonds. The lowest BCUT2D eigenvalue weighted by Gasteiger charge is -2.32. The van der Waals surface area contributed by atoms with E-state index in [9.17, 15) is 0 Å². The highest BCUT2D eigenvalue weighted by Crippen LogP contribution is 2.64. The zero-order valence-corrected chi connectivity index (χ0v) is 40.6. The molecule has 2 aliphatic carbocycles. The van der Waals surface area contributed by atoms with Crippen molar-refractivity contribution in [2.45, 2.75) is 57.8 Å². The van der Waals surface area contributed by atoms with Crippen molar-refractivity contribution in [1.29, 1.82) is 0 Å². The quantitative estimate of drug-likeness (QED) is 0.119. The second-order valence-corrected chi connectivity index (χ2v) is 19.6. The number of unbranched alkanes of at least 4 members (excludes halogenated alkanes) is 2. The van der Waals surface area contributed by atoms with Gasteiger partial charge in [0.1, 0.15) is 0 Å². The van der Waals surface area contributed by atoms with Crippen LogP contribution in [0.1, 0.15) is 72.9 Å². The van der Waals surface area contributed by atoms with Crippen molar-refractivity contribution in [3.05, 3.63) is 264 Å². The summed E-state index contributed by atoms with van der Waals surface area (Å²) < 4.78 is 2.52. The molecule has 0 aliphatic heterocycles. The maximum atomic E-state index is 2.52. The number of para-hydroxylation sites is 1. The van der Waals surface area contributed by atoms with E-state index in [1.807, 2.05) is 0 Å². The molecule has 2 nitrogen and oxygen atoms in total. The lowest BCUT2D eigenvalue weighted by atomic mass is 9.70. The molecule has 71 heavy (non-hydrogen) atoms. The highest BCUT2D eigenvalue weighted by Gasteiger charge is 2.52. The summed E-state index contributed by atoms with van der Waals surface area (Å²) in [6.07, 6.45) is 6.99. The molecule has 0 unspecified atom stereocenters. The maximum absolute atomic E-state index is 2.52. The van der Waals surface area contributed by atoms with E-state index in [0.717, 1.165) is 24.2 Å². The Morgan fingerprint density at radius 1 is 0.394 bits per heavy atom. The molecule has 11 aromatic rings. The summed E-state index contributed by atoms with van der Waals surface area (Å²) in [4.78, 5) is 2.49. The third-order valence-electron chi connectivity index (χ3n) is 15.5. The molecule has 0 bridgehead atoms. The molecule has 0 saturated carbocycles. The van der Waals surface area contributed by atoms with Crippen molar-refractivity contribution < 1.29 is 0 Å². The predicted octanol–water partition coefficient (Wildman–Crippen LogP) is 18.6. The average Bonchev–Trinajstić information content (AvgIpc) is 4.05. The Labute approximate surface area is 418 Å². The predicted molar refractivity (Wildman–Crippen MR) is 300 cm³/mol. The van der Waals surface area contributed by atoms with Crippen molar-refractivity contribution in [3.8, 4) is 50.2 Å². The van der Waals surface area contributed by atoms with E-state index in [4.69, 9.17) is 0 Å². The summed E-state index contributed by atoms with van der Waals surface area (Å²) in [6.45, 7) is 4.58. The zero-order valence-electron chi connectivity index (χ0n) is 40.6. The molecular formula is C69H56N2.